The van der Waals surface area contributed by atoms with E-state index >= 15 is 0 Å². The lowest BCUT2D eigenvalue weighted by Crippen LogP contribution is -2.28. The Hall–Kier alpha value is -4.31. The maximum absolute atomic E-state index is 13.2. The number of nitrogens with one attached hydrogen (secondary N) is 1. The summed E-state index contributed by atoms with van der Waals surface area (Å²) in [5.41, 5.74) is 1.15. The number of aromatic nitrogens is 5. The number of hydrogen-bond donors (Lipinski definition) is 1. The highest BCUT2D eigenvalue weighted by Gasteiger charge is 2.19. The molecule has 33 heavy (non-hydrogen) atoms. The van der Waals surface area contributed by atoms with Crippen LogP contribution in [0, 0.1) is 5.82 Å². The van der Waals surface area contributed by atoms with Crippen molar-refractivity contribution in [2.24, 2.45) is 0 Å². The van der Waals surface area contributed by atoms with E-state index in [0.717, 1.165) is 16.3 Å². The zero-order chi connectivity index (χ0) is 22.9. The van der Waals surface area contributed by atoms with Gasteiger partial charge in [-0.1, -0.05) is 47.1 Å². The lowest BCUT2D eigenvalue weighted by atomic mass is 10.2. The number of benzene rings is 2. The van der Waals surface area contributed by atoms with Crippen molar-refractivity contribution in [3.8, 4) is 22.8 Å². The van der Waals surface area contributed by atoms with Crippen LogP contribution in [0.4, 0.5) is 10.1 Å². The molecule has 0 radical (unpaired) electrons. The minimum atomic E-state index is -0.556. The predicted octanol–water partition coefficient (Wildman–Crippen LogP) is 3.64. The molecule has 0 aliphatic carbocycles. The number of hydrogen-bond acceptors (Lipinski definition) is 6. The Labute approximate surface area is 190 Å². The zero-order valence-corrected chi connectivity index (χ0v) is 17.5. The van der Waals surface area contributed by atoms with Crippen LogP contribution < -0.4 is 11.0 Å². The maximum atomic E-state index is 13.2. The van der Waals surface area contributed by atoms with E-state index in [2.05, 4.69) is 20.6 Å². The second kappa shape index (κ2) is 8.32. The maximum Gasteiger partial charge on any atom is 0.350 e. The summed E-state index contributed by atoms with van der Waals surface area (Å²) in [4.78, 5) is 29.6. The SMILES string of the molecule is O=C(Cn1nc2c(-c3nc(-c4ccccc4)no3)cccn2c1=O)Nc1ccc(F)cc1Cl. The fourth-order valence-corrected chi connectivity index (χ4v) is 3.48. The van der Waals surface area contributed by atoms with Crippen molar-refractivity contribution in [3.05, 3.63) is 88.2 Å². The quantitative estimate of drug-likeness (QED) is 0.425. The van der Waals surface area contributed by atoms with Crippen molar-refractivity contribution in [3.63, 3.8) is 0 Å². The first-order valence-corrected chi connectivity index (χ1v) is 10.1. The van der Waals surface area contributed by atoms with Crippen LogP contribution in [0.2, 0.25) is 5.02 Å². The van der Waals surface area contributed by atoms with Crippen molar-refractivity contribution in [1.82, 2.24) is 24.3 Å². The number of halogens is 2. The van der Waals surface area contributed by atoms with Gasteiger partial charge < -0.3 is 9.84 Å². The van der Waals surface area contributed by atoms with Crippen LogP contribution in [-0.4, -0.2) is 30.2 Å². The van der Waals surface area contributed by atoms with Gasteiger partial charge in [-0.15, -0.1) is 5.10 Å². The Morgan fingerprint density at radius 1 is 1.12 bits per heavy atom. The van der Waals surface area contributed by atoms with Gasteiger partial charge in [-0.25, -0.2) is 18.3 Å². The van der Waals surface area contributed by atoms with E-state index in [1.165, 1.54) is 22.7 Å². The summed E-state index contributed by atoms with van der Waals surface area (Å²) in [6, 6.07) is 16.2. The first-order valence-electron chi connectivity index (χ1n) is 9.72. The molecule has 3 heterocycles. The highest BCUT2D eigenvalue weighted by atomic mass is 35.5. The van der Waals surface area contributed by atoms with Gasteiger partial charge in [-0.2, -0.15) is 4.98 Å². The van der Waals surface area contributed by atoms with Crippen LogP contribution in [0.3, 0.4) is 0 Å². The molecule has 9 nitrogen and oxygen atoms in total. The molecule has 0 bridgehead atoms. The number of carbonyl (C=O) groups excluding carboxylic acids is 1. The van der Waals surface area contributed by atoms with E-state index in [1.807, 2.05) is 30.3 Å². The molecule has 0 aliphatic rings. The summed E-state index contributed by atoms with van der Waals surface area (Å²) in [6.07, 6.45) is 1.52. The van der Waals surface area contributed by atoms with Gasteiger partial charge in [0.2, 0.25) is 11.7 Å². The number of anilines is 1. The van der Waals surface area contributed by atoms with Gasteiger partial charge in [0, 0.05) is 11.8 Å². The molecule has 0 aliphatic heterocycles. The van der Waals surface area contributed by atoms with Crippen LogP contribution in [0.15, 0.2) is 76.2 Å². The second-order valence-electron chi connectivity index (χ2n) is 7.02. The summed E-state index contributed by atoms with van der Waals surface area (Å²) >= 11 is 5.94. The van der Waals surface area contributed by atoms with Crippen molar-refractivity contribution in [1.29, 1.82) is 0 Å². The monoisotopic (exact) mass is 464 g/mol. The first kappa shape index (κ1) is 20.6. The normalized spacial score (nSPS) is 11.1. The van der Waals surface area contributed by atoms with E-state index in [4.69, 9.17) is 16.1 Å². The Bertz CT molecular complexity index is 1540. The van der Waals surface area contributed by atoms with Crippen LogP contribution in [0.25, 0.3) is 28.5 Å². The molecule has 164 valence electrons. The van der Waals surface area contributed by atoms with Crippen molar-refractivity contribution < 1.29 is 13.7 Å². The van der Waals surface area contributed by atoms with Crippen molar-refractivity contribution in [2.45, 2.75) is 6.54 Å². The fourth-order valence-electron chi connectivity index (χ4n) is 3.26. The summed E-state index contributed by atoms with van der Waals surface area (Å²) in [7, 11) is 0. The van der Waals surface area contributed by atoms with E-state index in [-0.39, 0.29) is 28.8 Å². The van der Waals surface area contributed by atoms with E-state index in [1.54, 1.807) is 12.1 Å². The third-order valence-electron chi connectivity index (χ3n) is 4.80. The molecule has 5 rings (SSSR count). The van der Waals surface area contributed by atoms with Gasteiger partial charge in [0.25, 0.3) is 5.89 Å². The van der Waals surface area contributed by atoms with Crippen molar-refractivity contribution in [2.75, 3.05) is 5.32 Å². The number of nitrogens with zero attached hydrogens (tertiary/aromatic N) is 5. The van der Waals surface area contributed by atoms with Gasteiger partial charge in [-0.3, -0.25) is 4.79 Å². The Balaban J connectivity index is 1.45. The van der Waals surface area contributed by atoms with Crippen molar-refractivity contribution >= 4 is 28.8 Å². The minimum Gasteiger partial charge on any atom is -0.333 e. The van der Waals surface area contributed by atoms with Gasteiger partial charge in [-0.05, 0) is 30.3 Å². The van der Waals surface area contributed by atoms with Gasteiger partial charge >= 0.3 is 5.69 Å². The van der Waals surface area contributed by atoms with E-state index in [0.29, 0.717) is 11.4 Å². The molecule has 1 amide bonds. The Morgan fingerprint density at radius 2 is 1.94 bits per heavy atom. The molecule has 0 atom stereocenters. The number of rotatable bonds is 5. The van der Waals surface area contributed by atoms with E-state index < -0.39 is 17.4 Å². The molecule has 3 aromatic heterocycles. The molecule has 0 spiro atoms. The number of fused-ring (bicyclic) bond motifs is 1. The molecule has 0 unspecified atom stereocenters. The summed E-state index contributed by atoms with van der Waals surface area (Å²) in [6.45, 7) is -0.382. The summed E-state index contributed by atoms with van der Waals surface area (Å²) in [5, 5.41) is 10.8. The lowest BCUT2D eigenvalue weighted by Gasteiger charge is -2.06. The third-order valence-corrected chi connectivity index (χ3v) is 5.11. The summed E-state index contributed by atoms with van der Waals surface area (Å²) in [5.74, 6) is -0.512. The van der Waals surface area contributed by atoms with Crippen LogP contribution in [-0.2, 0) is 11.3 Å². The number of pyridine rings is 1. The molecule has 0 saturated heterocycles. The van der Waals surface area contributed by atoms with Gasteiger partial charge in [0.15, 0.2) is 5.65 Å². The lowest BCUT2D eigenvalue weighted by molar-refractivity contribution is -0.117. The minimum absolute atomic E-state index is 0.0404. The van der Waals surface area contributed by atoms with E-state index in [9.17, 15) is 14.0 Å². The molecular formula is C22H14ClFN6O3. The smallest absolute Gasteiger partial charge is 0.333 e. The highest BCUT2D eigenvalue weighted by Crippen LogP contribution is 2.25. The number of amides is 1. The van der Waals surface area contributed by atoms with Gasteiger partial charge in [0.1, 0.15) is 12.4 Å². The Kier molecular flexibility index (Phi) is 5.19. The average molecular weight is 465 g/mol. The molecule has 11 heteroatoms. The number of carbonyl (C=O) groups is 1. The molecular weight excluding hydrogens is 451 g/mol. The average Bonchev–Trinajstić information content (AvgIpc) is 3.42. The highest BCUT2D eigenvalue weighted by molar-refractivity contribution is 6.33. The second-order valence-corrected chi connectivity index (χ2v) is 7.42. The third kappa shape index (κ3) is 3.99. The standard InChI is InChI=1S/C22H14ClFN6O3/c23-16-11-14(24)8-9-17(16)25-18(31)12-30-22(32)29-10-4-7-15(20(29)27-30)21-26-19(28-33-21)13-5-2-1-3-6-13/h1-11H,12H2,(H,25,31). The predicted molar refractivity (Wildman–Crippen MR) is 118 cm³/mol. The molecule has 0 saturated carbocycles. The molecule has 5 aromatic rings. The largest absolute Gasteiger partial charge is 0.350 e. The molecule has 2 aromatic carbocycles. The zero-order valence-electron chi connectivity index (χ0n) is 16.8. The Morgan fingerprint density at radius 3 is 2.73 bits per heavy atom. The summed E-state index contributed by atoms with van der Waals surface area (Å²) < 4.78 is 20.9. The topological polar surface area (TPSA) is 107 Å². The first-order chi connectivity index (χ1) is 16.0. The van der Waals surface area contributed by atoms with Crippen LogP contribution in [0.5, 0.6) is 0 Å². The molecule has 1 N–H and O–H groups in total. The fraction of sp³-hybridized carbons (Fsp3) is 0.0455. The van der Waals surface area contributed by atoms with Crippen LogP contribution >= 0.6 is 11.6 Å². The molecule has 0 fully saturated rings. The van der Waals surface area contributed by atoms with Crippen LogP contribution in [0.1, 0.15) is 0 Å². The van der Waals surface area contributed by atoms with Gasteiger partial charge in [0.05, 0.1) is 16.3 Å².